The van der Waals surface area contributed by atoms with Crippen LogP contribution in [0.2, 0.25) is 10.0 Å². The molecule has 0 saturated carbocycles. The highest BCUT2D eigenvalue weighted by Crippen LogP contribution is 2.37. The van der Waals surface area contributed by atoms with Crippen LogP contribution in [0.15, 0.2) is 17.2 Å². The quantitative estimate of drug-likeness (QED) is 0.418. The number of hydrogen-bond acceptors (Lipinski definition) is 5. The van der Waals surface area contributed by atoms with Gasteiger partial charge in [0.2, 0.25) is 0 Å². The lowest BCUT2D eigenvalue weighted by Crippen LogP contribution is -2.43. The van der Waals surface area contributed by atoms with Crippen molar-refractivity contribution in [1.29, 1.82) is 0 Å². The van der Waals surface area contributed by atoms with Crippen molar-refractivity contribution in [3.8, 4) is 0 Å². The van der Waals surface area contributed by atoms with E-state index in [1.54, 1.807) is 27.7 Å². The molecule has 1 aromatic heterocycles. The fourth-order valence-electron chi connectivity index (χ4n) is 3.19. The number of imidazole rings is 1. The molecule has 2 rings (SSSR count). The molecule has 2 aromatic rings. The lowest BCUT2D eigenvalue weighted by Gasteiger charge is -2.31. The van der Waals surface area contributed by atoms with Gasteiger partial charge in [0.25, 0.3) is 0 Å². The molecule has 0 spiro atoms. The molecular weight excluding hydrogens is 491 g/mol. The molecule has 172 valence electrons. The summed E-state index contributed by atoms with van der Waals surface area (Å²) >= 11 is 11.6. The Hall–Kier alpha value is -1.36. The summed E-state index contributed by atoms with van der Waals surface area (Å²) < 4.78 is 47.6. The Morgan fingerprint density at radius 3 is 2.32 bits per heavy atom. The average molecular weight is 514 g/mol. The monoisotopic (exact) mass is 513 g/mol. The van der Waals surface area contributed by atoms with Gasteiger partial charge in [-0.1, -0.05) is 29.3 Å². The van der Waals surface area contributed by atoms with E-state index in [4.69, 9.17) is 27.9 Å². The minimum Gasteiger partial charge on any atom is -0.433 e. The van der Waals surface area contributed by atoms with Crippen molar-refractivity contribution < 1.29 is 22.0 Å². The van der Waals surface area contributed by atoms with Gasteiger partial charge in [0.15, 0.2) is 30.1 Å². The van der Waals surface area contributed by atoms with Gasteiger partial charge in [-0.15, -0.1) is 3.89 Å². The van der Waals surface area contributed by atoms with Crippen LogP contribution in [-0.2, 0) is 15.5 Å². The van der Waals surface area contributed by atoms with Crippen molar-refractivity contribution in [1.82, 2.24) is 13.9 Å². The highest BCUT2D eigenvalue weighted by Gasteiger charge is 2.34. The van der Waals surface area contributed by atoms with Crippen molar-refractivity contribution in [2.75, 3.05) is 6.26 Å². The van der Waals surface area contributed by atoms with E-state index < -0.39 is 28.8 Å². The largest absolute Gasteiger partial charge is 0.433 e. The molecule has 2 atom stereocenters. The van der Waals surface area contributed by atoms with Gasteiger partial charge in [-0.2, -0.15) is 0 Å². The van der Waals surface area contributed by atoms with E-state index in [2.05, 4.69) is 4.98 Å². The maximum atomic E-state index is 15.0. The third-order valence-corrected chi connectivity index (χ3v) is 6.82. The van der Waals surface area contributed by atoms with E-state index in [9.17, 15) is 12.9 Å². The van der Waals surface area contributed by atoms with Crippen molar-refractivity contribution in [2.24, 2.45) is 0 Å². The van der Waals surface area contributed by atoms with Gasteiger partial charge in [0.1, 0.15) is 5.03 Å². The second-order valence-corrected chi connectivity index (χ2v) is 9.88. The van der Waals surface area contributed by atoms with Crippen LogP contribution in [0, 0.1) is 12.7 Å². The zero-order valence-corrected chi connectivity index (χ0v) is 20.9. The molecule has 1 aromatic carbocycles. The molecule has 0 aliphatic heterocycles. The Morgan fingerprint density at radius 2 is 1.84 bits per heavy atom. The highest BCUT2D eigenvalue weighted by atomic mass is 35.5. The van der Waals surface area contributed by atoms with Crippen LogP contribution in [0.5, 0.6) is 0 Å². The van der Waals surface area contributed by atoms with Crippen LogP contribution in [0.1, 0.15) is 50.9 Å². The van der Waals surface area contributed by atoms with E-state index in [1.807, 2.05) is 0 Å². The molecular formula is C19H23Cl2F2N3O3S2. The van der Waals surface area contributed by atoms with Crippen molar-refractivity contribution in [3.05, 3.63) is 45.1 Å². The number of aromatic nitrogens is 2. The number of carbonyl (C=O) groups is 1. The minimum atomic E-state index is -1.56. The Kier molecular flexibility index (Phi) is 8.77. The third kappa shape index (κ3) is 5.35. The zero-order valence-electron chi connectivity index (χ0n) is 17.8. The summed E-state index contributed by atoms with van der Waals surface area (Å²) in [5.41, 5.74) is 0.0818. The van der Waals surface area contributed by atoms with E-state index in [0.717, 1.165) is 3.97 Å². The zero-order chi connectivity index (χ0) is 23.6. The molecule has 0 aliphatic rings. The van der Waals surface area contributed by atoms with Crippen molar-refractivity contribution in [3.63, 3.8) is 0 Å². The summed E-state index contributed by atoms with van der Waals surface area (Å²) in [7, 11) is -1.56. The molecule has 0 bridgehead atoms. The summed E-state index contributed by atoms with van der Waals surface area (Å²) in [6.07, 6.45) is -0.843. The minimum absolute atomic E-state index is 0.0336. The number of benzene rings is 1. The third-order valence-electron chi connectivity index (χ3n) is 4.50. The molecule has 0 radical (unpaired) electrons. The van der Waals surface area contributed by atoms with Gasteiger partial charge in [0, 0.05) is 23.9 Å². The van der Waals surface area contributed by atoms with Gasteiger partial charge in [-0.05, 0) is 40.7 Å². The SMILES string of the molecule is Cc1c(S(C)=O)nc(C(OC(=O)N(C(C)C)C(C)C)c2ccc(Cl)c(Cl)c2F)n1SF. The first-order valence-corrected chi connectivity index (χ1v) is 12.2. The molecule has 2 unspecified atom stereocenters. The summed E-state index contributed by atoms with van der Waals surface area (Å²) in [6.45, 7) is 8.72. The normalized spacial score (nSPS) is 13.5. The van der Waals surface area contributed by atoms with Crippen molar-refractivity contribution >= 4 is 52.4 Å². The Morgan fingerprint density at radius 1 is 1.26 bits per heavy atom. The lowest BCUT2D eigenvalue weighted by atomic mass is 10.1. The first-order chi connectivity index (χ1) is 14.4. The number of amides is 1. The number of nitrogens with zero attached hydrogens (tertiary/aromatic N) is 3. The first kappa shape index (κ1) is 25.9. The Bertz CT molecular complexity index is 994. The summed E-state index contributed by atoms with van der Waals surface area (Å²) in [5.74, 6) is -1.07. The van der Waals surface area contributed by atoms with Crippen LogP contribution >= 0.6 is 35.5 Å². The number of hydrogen-bond donors (Lipinski definition) is 0. The van der Waals surface area contributed by atoms with E-state index in [-0.39, 0.29) is 56.6 Å². The Balaban J connectivity index is 2.71. The van der Waals surface area contributed by atoms with Crippen molar-refractivity contribution in [2.45, 2.75) is 57.8 Å². The number of halogens is 4. The summed E-state index contributed by atoms with van der Waals surface area (Å²) in [6, 6.07) is 2.19. The Labute approximate surface area is 197 Å². The topological polar surface area (TPSA) is 64.4 Å². The van der Waals surface area contributed by atoms with Crippen LogP contribution < -0.4 is 0 Å². The number of rotatable bonds is 7. The predicted molar refractivity (Wildman–Crippen MR) is 120 cm³/mol. The second-order valence-electron chi connectivity index (χ2n) is 7.30. The van der Waals surface area contributed by atoms with Gasteiger partial charge >= 0.3 is 6.09 Å². The molecule has 1 amide bonds. The molecule has 1 heterocycles. The van der Waals surface area contributed by atoms with Crippen LogP contribution in [0.25, 0.3) is 0 Å². The summed E-state index contributed by atoms with van der Waals surface area (Å²) in [4.78, 5) is 18.7. The van der Waals surface area contributed by atoms with Crippen LogP contribution in [-0.4, -0.2) is 42.5 Å². The van der Waals surface area contributed by atoms with Crippen LogP contribution in [0.3, 0.4) is 0 Å². The fourth-order valence-corrected chi connectivity index (χ4v) is 4.69. The maximum Gasteiger partial charge on any atom is 0.411 e. The van der Waals surface area contributed by atoms with Gasteiger partial charge in [-0.3, -0.25) is 4.21 Å². The van der Waals surface area contributed by atoms with Gasteiger partial charge in [-0.25, -0.2) is 18.1 Å². The van der Waals surface area contributed by atoms with E-state index >= 15 is 4.39 Å². The lowest BCUT2D eigenvalue weighted by molar-refractivity contribution is 0.0539. The highest BCUT2D eigenvalue weighted by molar-refractivity contribution is 7.92. The molecule has 0 saturated heterocycles. The number of carbonyl (C=O) groups excluding carboxylic acids is 1. The van der Waals surface area contributed by atoms with Gasteiger partial charge in [0.05, 0.1) is 26.5 Å². The molecule has 12 heteroatoms. The maximum absolute atomic E-state index is 15.0. The molecule has 31 heavy (non-hydrogen) atoms. The molecule has 0 N–H and O–H groups in total. The molecule has 0 aliphatic carbocycles. The number of ether oxygens (including phenoxy) is 1. The van der Waals surface area contributed by atoms with Crippen LogP contribution in [0.4, 0.5) is 13.1 Å². The average Bonchev–Trinajstić information content (AvgIpc) is 3.00. The fraction of sp³-hybridized carbons (Fsp3) is 0.474. The summed E-state index contributed by atoms with van der Waals surface area (Å²) in [5, 5.41) is -0.313. The molecule has 6 nitrogen and oxygen atoms in total. The van der Waals surface area contributed by atoms with E-state index in [1.165, 1.54) is 30.2 Å². The van der Waals surface area contributed by atoms with E-state index in [0.29, 0.717) is 0 Å². The standard InChI is InChI=1S/C19H23Cl2F2N3O3S2/c1-9(2)25(10(3)4)19(27)29-16(12-7-8-13(20)14(21)15(12)22)17-24-18(31(6)28)11(5)26(17)30-23/h7-10,16H,1-6H3. The van der Waals surface area contributed by atoms with Gasteiger partial charge < -0.3 is 9.64 Å². The predicted octanol–water partition coefficient (Wildman–Crippen LogP) is 6.10. The molecule has 0 fully saturated rings. The smallest absolute Gasteiger partial charge is 0.411 e. The first-order valence-electron chi connectivity index (χ1n) is 9.26. The second kappa shape index (κ2) is 10.5.